The number of hydrogen-bond acceptors (Lipinski definition) is 7. The van der Waals surface area contributed by atoms with Crippen molar-refractivity contribution in [2.45, 2.75) is 77.7 Å². The molecule has 4 rings (SSSR count). The van der Waals surface area contributed by atoms with E-state index in [1.165, 1.54) is 55.5 Å². The van der Waals surface area contributed by atoms with Crippen LogP contribution < -0.4 is 18.9 Å². The SMILES string of the molecule is CCOC(=O)C[C@@H](c1cnc(C)nc1)N1CC(CCCCc2ccc3c(n2)CCCC3)C1.[Li+].[OH-]. The summed E-state index contributed by atoms with van der Waals surface area (Å²) < 4.78 is 5.21. The van der Waals surface area contributed by atoms with Gasteiger partial charge in [0, 0.05) is 48.5 Å². The van der Waals surface area contributed by atoms with Gasteiger partial charge in [-0.2, -0.15) is 0 Å². The van der Waals surface area contributed by atoms with E-state index in [1.807, 2.05) is 26.2 Å². The molecular weight excluding hydrogens is 423 g/mol. The van der Waals surface area contributed by atoms with Gasteiger partial charge in [0.25, 0.3) is 0 Å². The van der Waals surface area contributed by atoms with Crippen molar-refractivity contribution in [3.8, 4) is 0 Å². The number of aromatic nitrogens is 3. The Hall–Kier alpha value is -1.78. The maximum absolute atomic E-state index is 12.2. The molecule has 1 fully saturated rings. The fourth-order valence-electron chi connectivity index (χ4n) is 4.96. The maximum atomic E-state index is 12.2. The Morgan fingerprint density at radius 2 is 1.88 bits per heavy atom. The predicted octanol–water partition coefficient (Wildman–Crippen LogP) is 1.23. The molecule has 34 heavy (non-hydrogen) atoms. The zero-order valence-electron chi connectivity index (χ0n) is 21.0. The first-order valence-electron chi connectivity index (χ1n) is 12.3. The molecule has 1 saturated heterocycles. The van der Waals surface area contributed by atoms with Crippen molar-refractivity contribution in [3.63, 3.8) is 0 Å². The van der Waals surface area contributed by atoms with Gasteiger partial charge in [-0.3, -0.25) is 14.7 Å². The van der Waals surface area contributed by atoms with Crippen LogP contribution in [0.4, 0.5) is 0 Å². The van der Waals surface area contributed by atoms with Gasteiger partial charge in [-0.05, 0) is 76.3 Å². The van der Waals surface area contributed by atoms with Gasteiger partial charge in [-0.1, -0.05) is 12.5 Å². The van der Waals surface area contributed by atoms with Crippen LogP contribution in [0.2, 0.25) is 0 Å². The van der Waals surface area contributed by atoms with Crippen molar-refractivity contribution in [2.24, 2.45) is 5.92 Å². The van der Waals surface area contributed by atoms with Crippen LogP contribution >= 0.6 is 0 Å². The summed E-state index contributed by atoms with van der Waals surface area (Å²) in [4.78, 5) is 28.1. The molecule has 0 unspecified atom stereocenters. The average Bonchev–Trinajstić information content (AvgIpc) is 2.77. The number of nitrogens with zero attached hydrogens (tertiary/aromatic N) is 4. The van der Waals surface area contributed by atoms with Crippen LogP contribution in [-0.2, 0) is 28.8 Å². The Morgan fingerprint density at radius 3 is 2.62 bits per heavy atom. The van der Waals surface area contributed by atoms with Crippen LogP contribution in [0.5, 0.6) is 0 Å². The zero-order chi connectivity index (χ0) is 22.3. The third-order valence-electron chi connectivity index (χ3n) is 6.81. The molecule has 0 amide bonds. The molecule has 8 heteroatoms. The number of carbonyl (C=O) groups excluding carboxylic acids is 1. The Labute approximate surface area is 215 Å². The number of carbonyl (C=O) groups is 1. The van der Waals surface area contributed by atoms with Crippen molar-refractivity contribution < 1.29 is 33.9 Å². The second kappa shape index (κ2) is 13.9. The Balaban J connectivity index is 0.00000204. The molecule has 1 N–H and O–H groups in total. The smallest absolute Gasteiger partial charge is 0.870 e. The number of ether oxygens (including phenoxy) is 1. The van der Waals surface area contributed by atoms with Gasteiger partial charge in [0.1, 0.15) is 5.82 Å². The number of fused-ring (bicyclic) bond motifs is 1. The van der Waals surface area contributed by atoms with Crippen molar-refractivity contribution >= 4 is 5.97 Å². The fraction of sp³-hybridized carbons (Fsp3) is 0.615. The minimum atomic E-state index is -0.154. The van der Waals surface area contributed by atoms with Crippen molar-refractivity contribution in [2.75, 3.05) is 19.7 Å². The molecular formula is C26H37LiN4O3. The molecule has 3 heterocycles. The molecule has 0 aromatic carbocycles. The monoisotopic (exact) mass is 460 g/mol. The normalized spacial score (nSPS) is 16.4. The molecule has 0 spiro atoms. The standard InChI is InChI=1S/C26H36N4O2.Li.H2O/c1-3-32-26(31)14-25(22-15-27-19(2)28-16-22)30-17-20(18-30)8-4-6-10-23-13-12-21-9-5-7-11-24(21)29-23;;/h12-13,15-16,20,25H,3-11,14,17-18H2,1-2H3;;1H2/q;+1;/p-1/t25-;;/m0../s1. The first-order chi connectivity index (χ1) is 15.6. The first-order valence-corrected chi connectivity index (χ1v) is 12.3. The van der Waals surface area contributed by atoms with E-state index in [-0.39, 0.29) is 36.3 Å². The number of hydrogen-bond donors (Lipinski definition) is 0. The van der Waals surface area contributed by atoms with E-state index in [1.54, 1.807) is 0 Å². The summed E-state index contributed by atoms with van der Waals surface area (Å²) in [6.07, 6.45) is 13.7. The minimum Gasteiger partial charge on any atom is -0.870 e. The van der Waals surface area contributed by atoms with E-state index in [0.717, 1.165) is 37.3 Å². The second-order valence-electron chi connectivity index (χ2n) is 9.27. The van der Waals surface area contributed by atoms with E-state index >= 15 is 0 Å². The van der Waals surface area contributed by atoms with Crippen LogP contribution in [0.25, 0.3) is 0 Å². The molecule has 2 aromatic heterocycles. The van der Waals surface area contributed by atoms with Gasteiger partial charge >= 0.3 is 24.8 Å². The van der Waals surface area contributed by atoms with Crippen molar-refractivity contribution in [1.29, 1.82) is 0 Å². The van der Waals surface area contributed by atoms with Crippen molar-refractivity contribution in [1.82, 2.24) is 19.9 Å². The molecule has 0 saturated carbocycles. The van der Waals surface area contributed by atoms with Crippen molar-refractivity contribution in [3.05, 3.63) is 52.9 Å². The minimum absolute atomic E-state index is 0. The topological polar surface area (TPSA) is 98.2 Å². The summed E-state index contributed by atoms with van der Waals surface area (Å²) in [5.41, 5.74) is 5.07. The molecule has 1 atom stereocenters. The number of rotatable bonds is 10. The van der Waals surface area contributed by atoms with E-state index in [9.17, 15) is 4.79 Å². The van der Waals surface area contributed by atoms with Gasteiger partial charge < -0.3 is 10.2 Å². The summed E-state index contributed by atoms with van der Waals surface area (Å²) in [6.45, 7) is 6.19. The third kappa shape index (κ3) is 7.61. The van der Waals surface area contributed by atoms with Crippen LogP contribution in [0.15, 0.2) is 24.5 Å². The molecule has 0 radical (unpaired) electrons. The Morgan fingerprint density at radius 1 is 1.15 bits per heavy atom. The van der Waals surface area contributed by atoms with Gasteiger partial charge in [-0.25, -0.2) is 9.97 Å². The van der Waals surface area contributed by atoms with Gasteiger partial charge in [0.05, 0.1) is 13.0 Å². The summed E-state index contributed by atoms with van der Waals surface area (Å²) in [5, 5.41) is 0. The van der Waals surface area contributed by atoms with Gasteiger partial charge in [0.15, 0.2) is 0 Å². The largest absolute Gasteiger partial charge is 1.00 e. The summed E-state index contributed by atoms with van der Waals surface area (Å²) in [7, 11) is 0. The zero-order valence-corrected chi connectivity index (χ0v) is 21.0. The molecule has 2 aromatic rings. The quantitative estimate of drug-likeness (QED) is 0.299. The second-order valence-corrected chi connectivity index (χ2v) is 9.27. The fourth-order valence-corrected chi connectivity index (χ4v) is 4.96. The van der Waals surface area contributed by atoms with Crippen LogP contribution in [0.1, 0.15) is 79.8 Å². The number of esters is 1. The van der Waals surface area contributed by atoms with E-state index in [4.69, 9.17) is 9.72 Å². The summed E-state index contributed by atoms with van der Waals surface area (Å²) >= 11 is 0. The van der Waals surface area contributed by atoms with Crippen LogP contribution in [0.3, 0.4) is 0 Å². The number of likely N-dealkylation sites (tertiary alicyclic amines) is 1. The molecule has 0 bridgehead atoms. The number of unbranched alkanes of at least 4 members (excludes halogenated alkanes) is 1. The molecule has 2 aliphatic rings. The average molecular weight is 461 g/mol. The van der Waals surface area contributed by atoms with Gasteiger partial charge in [0.2, 0.25) is 0 Å². The predicted molar refractivity (Wildman–Crippen MR) is 126 cm³/mol. The maximum Gasteiger partial charge on any atom is 1.00 e. The Kier molecular flexibility index (Phi) is 11.7. The summed E-state index contributed by atoms with van der Waals surface area (Å²) in [5.74, 6) is 1.29. The van der Waals surface area contributed by atoms with E-state index in [0.29, 0.717) is 18.9 Å². The van der Waals surface area contributed by atoms with Gasteiger partial charge in [-0.15, -0.1) is 0 Å². The number of aryl methyl sites for hydroxylation is 4. The van der Waals surface area contributed by atoms with Crippen LogP contribution in [0, 0.1) is 12.8 Å². The van der Waals surface area contributed by atoms with E-state index < -0.39 is 0 Å². The molecule has 7 nitrogen and oxygen atoms in total. The molecule has 1 aliphatic carbocycles. The molecule has 180 valence electrons. The summed E-state index contributed by atoms with van der Waals surface area (Å²) in [6, 6.07) is 4.54. The van der Waals surface area contributed by atoms with E-state index in [2.05, 4.69) is 27.0 Å². The van der Waals surface area contributed by atoms with Crippen LogP contribution in [-0.4, -0.2) is 51.0 Å². The number of pyridine rings is 1. The third-order valence-corrected chi connectivity index (χ3v) is 6.81. The Bertz CT molecular complexity index is 903. The molecule has 1 aliphatic heterocycles. The first kappa shape index (κ1) is 28.5.